The molecule has 6 heteroatoms. The molecule has 5 nitrogen and oxygen atoms in total. The summed E-state index contributed by atoms with van der Waals surface area (Å²) in [7, 11) is 0. The lowest BCUT2D eigenvalue weighted by atomic mass is 9.60. The van der Waals surface area contributed by atoms with Crippen LogP contribution in [0, 0.1) is 40.4 Å². The smallest absolute Gasteiger partial charge is 0.324 e. The van der Waals surface area contributed by atoms with Crippen molar-refractivity contribution in [2.24, 2.45) is 17.8 Å². The second kappa shape index (κ2) is 14.5. The van der Waals surface area contributed by atoms with Gasteiger partial charge in [-0.05, 0) is 137 Å². The first-order valence-corrected chi connectivity index (χ1v) is 16.5. The number of allylic oxidation sites excluding steroid dienone is 9. The van der Waals surface area contributed by atoms with Crippen LogP contribution in [-0.4, -0.2) is 18.3 Å². The second-order valence-electron chi connectivity index (χ2n) is 14.0. The summed E-state index contributed by atoms with van der Waals surface area (Å²) in [6, 6.07) is 8.51. The third kappa shape index (κ3) is 7.98. The van der Waals surface area contributed by atoms with Crippen molar-refractivity contribution in [2.75, 3.05) is 0 Å². The molecule has 46 heavy (non-hydrogen) atoms. The number of benzene rings is 1. The SMILES string of the molecule is C/C=C1/C(=C(C#N)C#N)C=C(/C=C/c2cc(/C=C/C(C)=O)c(B(C)OC(C)(C)C)cc2C(C)C2C=C3CC(C)CC2C3)O/C1=C/C. The van der Waals surface area contributed by atoms with Crippen molar-refractivity contribution < 1.29 is 14.2 Å². The number of nitrogens with zero attached hydrogens (tertiary/aromatic N) is 2. The van der Waals surface area contributed by atoms with Gasteiger partial charge in [-0.15, -0.1) is 0 Å². The summed E-state index contributed by atoms with van der Waals surface area (Å²) in [5, 5.41) is 19.4. The molecule has 4 atom stereocenters. The van der Waals surface area contributed by atoms with Crippen molar-refractivity contribution in [3.63, 3.8) is 0 Å². The molecule has 0 N–H and O–H groups in total. The maximum Gasteiger partial charge on any atom is 0.324 e. The number of hydrogen-bond donors (Lipinski definition) is 0. The maximum absolute atomic E-state index is 12.0. The minimum absolute atomic E-state index is 0.0200. The molecule has 1 aromatic carbocycles. The Morgan fingerprint density at radius 1 is 1.09 bits per heavy atom. The van der Waals surface area contributed by atoms with Gasteiger partial charge >= 0.3 is 6.92 Å². The highest BCUT2D eigenvalue weighted by molar-refractivity contribution is 6.67. The number of ether oxygens (including phenoxy) is 1. The van der Waals surface area contributed by atoms with Crippen molar-refractivity contribution in [1.29, 1.82) is 10.5 Å². The Hall–Kier alpha value is -4.13. The lowest BCUT2D eigenvalue weighted by Crippen LogP contribution is -2.39. The third-order valence-electron chi connectivity index (χ3n) is 9.18. The summed E-state index contributed by atoms with van der Waals surface area (Å²) in [6.07, 6.45) is 19.1. The summed E-state index contributed by atoms with van der Waals surface area (Å²) < 4.78 is 12.7. The first-order valence-electron chi connectivity index (χ1n) is 16.5. The van der Waals surface area contributed by atoms with Crippen molar-refractivity contribution in [2.45, 2.75) is 93.0 Å². The molecule has 238 valence electrons. The minimum atomic E-state index is -0.341. The minimum Gasteiger partial charge on any atom is -0.457 e. The summed E-state index contributed by atoms with van der Waals surface area (Å²) in [5.74, 6) is 3.16. The van der Waals surface area contributed by atoms with Crippen LogP contribution < -0.4 is 5.46 Å². The van der Waals surface area contributed by atoms with E-state index in [9.17, 15) is 15.3 Å². The number of nitriles is 2. The van der Waals surface area contributed by atoms with E-state index in [-0.39, 0.29) is 29.8 Å². The zero-order valence-electron chi connectivity index (χ0n) is 28.9. The summed E-state index contributed by atoms with van der Waals surface area (Å²) in [4.78, 5) is 12.0. The predicted molar refractivity (Wildman–Crippen MR) is 189 cm³/mol. The average Bonchev–Trinajstić information content (AvgIpc) is 3.31. The Bertz CT molecular complexity index is 1660. The number of rotatable bonds is 8. The van der Waals surface area contributed by atoms with Gasteiger partial charge in [-0.25, -0.2) is 0 Å². The topological polar surface area (TPSA) is 83.1 Å². The average molecular weight is 615 g/mol. The van der Waals surface area contributed by atoms with Crippen molar-refractivity contribution >= 4 is 30.3 Å². The molecule has 3 aliphatic rings. The Morgan fingerprint density at radius 2 is 1.80 bits per heavy atom. The van der Waals surface area contributed by atoms with Gasteiger partial charge < -0.3 is 9.39 Å². The van der Waals surface area contributed by atoms with E-state index in [1.165, 1.54) is 24.8 Å². The molecule has 0 aromatic heterocycles. The molecule has 1 aliphatic heterocycles. The quantitative estimate of drug-likeness (QED) is 0.126. The van der Waals surface area contributed by atoms with Crippen molar-refractivity contribution in [3.05, 3.63) is 99.1 Å². The predicted octanol–water partition coefficient (Wildman–Crippen LogP) is 9.15. The molecule has 0 spiro atoms. The highest BCUT2D eigenvalue weighted by Crippen LogP contribution is 2.49. The Balaban J connectivity index is 1.90. The van der Waals surface area contributed by atoms with E-state index in [4.69, 9.17) is 9.39 Å². The van der Waals surface area contributed by atoms with Crippen LogP contribution in [0.15, 0.2) is 82.4 Å². The van der Waals surface area contributed by atoms with E-state index in [0.29, 0.717) is 34.8 Å². The van der Waals surface area contributed by atoms with Gasteiger partial charge in [0.2, 0.25) is 0 Å². The molecule has 4 unspecified atom stereocenters. The molecule has 1 saturated carbocycles. The molecular weight excluding hydrogens is 567 g/mol. The summed E-state index contributed by atoms with van der Waals surface area (Å²) in [6.45, 7) is 18.1. The molecule has 0 radical (unpaired) electrons. The zero-order valence-corrected chi connectivity index (χ0v) is 28.9. The van der Waals surface area contributed by atoms with Gasteiger partial charge in [-0.2, -0.15) is 10.5 Å². The normalized spacial score (nSPS) is 23.6. The van der Waals surface area contributed by atoms with Crippen LogP contribution in [0.3, 0.4) is 0 Å². The second-order valence-corrected chi connectivity index (χ2v) is 14.0. The number of carbonyl (C=O) groups is 1. The number of fused-ring (bicyclic) bond motifs is 2. The molecule has 1 aromatic rings. The summed E-state index contributed by atoms with van der Waals surface area (Å²) in [5.41, 5.74) is 6.79. The van der Waals surface area contributed by atoms with E-state index in [2.05, 4.69) is 65.7 Å². The van der Waals surface area contributed by atoms with Gasteiger partial charge in [0.25, 0.3) is 0 Å². The molecule has 2 aliphatic carbocycles. The lowest BCUT2D eigenvalue weighted by Gasteiger charge is -2.31. The number of hydrogen-bond acceptors (Lipinski definition) is 5. The van der Waals surface area contributed by atoms with Crippen LogP contribution >= 0.6 is 0 Å². The van der Waals surface area contributed by atoms with E-state index < -0.39 is 0 Å². The van der Waals surface area contributed by atoms with Crippen molar-refractivity contribution in [3.8, 4) is 12.1 Å². The van der Waals surface area contributed by atoms with E-state index >= 15 is 0 Å². The van der Waals surface area contributed by atoms with Crippen LogP contribution in [0.4, 0.5) is 0 Å². The maximum atomic E-state index is 12.0. The molecule has 4 rings (SSSR count). The highest BCUT2D eigenvalue weighted by atomic mass is 16.5. The van der Waals surface area contributed by atoms with Crippen molar-refractivity contribution in [1.82, 2.24) is 0 Å². The van der Waals surface area contributed by atoms with Gasteiger partial charge in [0.1, 0.15) is 29.2 Å². The van der Waals surface area contributed by atoms with Crippen LogP contribution in [0.2, 0.25) is 6.82 Å². The van der Waals surface area contributed by atoms with Crippen LogP contribution in [0.5, 0.6) is 0 Å². The Labute approximate surface area is 276 Å². The highest BCUT2D eigenvalue weighted by Gasteiger charge is 2.37. The van der Waals surface area contributed by atoms with E-state index in [0.717, 1.165) is 22.2 Å². The first-order chi connectivity index (χ1) is 21.8. The largest absolute Gasteiger partial charge is 0.457 e. The van der Waals surface area contributed by atoms with Crippen LogP contribution in [0.1, 0.15) is 97.3 Å². The van der Waals surface area contributed by atoms with Crippen LogP contribution in [0.25, 0.3) is 12.2 Å². The molecule has 1 heterocycles. The number of ketones is 1. The fraction of sp³-hybridized carbons (Fsp3) is 0.425. The van der Waals surface area contributed by atoms with Gasteiger partial charge in [0.05, 0.1) is 0 Å². The van der Waals surface area contributed by atoms with Gasteiger partial charge in [0, 0.05) is 16.7 Å². The Kier molecular flexibility index (Phi) is 11.0. The van der Waals surface area contributed by atoms with E-state index in [1.807, 2.05) is 50.3 Å². The fourth-order valence-corrected chi connectivity index (χ4v) is 7.34. The zero-order chi connectivity index (χ0) is 33.8. The van der Waals surface area contributed by atoms with Crippen LogP contribution in [-0.2, 0) is 14.2 Å². The van der Waals surface area contributed by atoms with E-state index in [1.54, 1.807) is 24.6 Å². The third-order valence-corrected chi connectivity index (χ3v) is 9.18. The van der Waals surface area contributed by atoms with Gasteiger partial charge in [0.15, 0.2) is 5.78 Å². The van der Waals surface area contributed by atoms with Gasteiger partial charge in [-0.1, -0.05) is 56.6 Å². The number of carbonyl (C=O) groups excluding carboxylic acids is 1. The first kappa shape index (κ1) is 34.7. The van der Waals surface area contributed by atoms with Gasteiger partial charge in [-0.3, -0.25) is 4.79 Å². The lowest BCUT2D eigenvalue weighted by molar-refractivity contribution is -0.112. The Morgan fingerprint density at radius 3 is 2.41 bits per heavy atom. The standard InChI is InChI=1S/C40H47BN2O3/c1-10-34-37(32(23-42)24-43)21-33(45-39(34)11-2)15-14-29-20-30(13-12-26(4)44)38(41(9)46-40(6,7)8)22-36(29)27(5)35-19-28-16-25(3)17-31(35)18-28/h10-15,19-22,25,27,31,35H,16-18H2,1-9H3/b13-12+,15-14+,34-10-,39-11+. The fourth-order valence-electron chi connectivity index (χ4n) is 7.34. The molecule has 1 fully saturated rings. The monoisotopic (exact) mass is 614 g/mol. The summed E-state index contributed by atoms with van der Waals surface area (Å²) >= 11 is 0. The molecular formula is C40H47BN2O3. The molecule has 0 amide bonds. The molecule has 2 bridgehead atoms. The molecule has 0 saturated heterocycles.